The number of carbonyl (C=O) groups excluding carboxylic acids is 2. The molecule has 3 aliphatic heterocycles. The molecule has 1 aromatic carbocycles. The van der Waals surface area contributed by atoms with E-state index >= 15 is 0 Å². The lowest BCUT2D eigenvalue weighted by atomic mass is 9.48. The van der Waals surface area contributed by atoms with E-state index in [2.05, 4.69) is 12.2 Å². The number of benzene rings is 1. The second-order valence-electron chi connectivity index (χ2n) is 7.43. The Labute approximate surface area is 123 Å². The lowest BCUT2D eigenvalue weighted by Crippen LogP contribution is -2.78. The van der Waals surface area contributed by atoms with Crippen LogP contribution in [0.1, 0.15) is 43.0 Å². The largest absolute Gasteiger partial charge is 0.361 e. The molecule has 3 saturated carbocycles. The van der Waals surface area contributed by atoms with Gasteiger partial charge in [0.2, 0.25) is 5.91 Å². The number of carbonyl (C=O) groups is 2. The summed E-state index contributed by atoms with van der Waals surface area (Å²) < 4.78 is 0. The van der Waals surface area contributed by atoms with Gasteiger partial charge in [-0.05, 0) is 43.2 Å². The van der Waals surface area contributed by atoms with Gasteiger partial charge in [0.1, 0.15) is 5.66 Å². The van der Waals surface area contributed by atoms with Gasteiger partial charge in [-0.2, -0.15) is 0 Å². The van der Waals surface area contributed by atoms with Gasteiger partial charge in [0.05, 0.1) is 5.56 Å². The number of amides is 2. The lowest BCUT2D eigenvalue weighted by Gasteiger charge is -2.68. The second kappa shape index (κ2) is 3.32. The van der Waals surface area contributed by atoms with E-state index in [4.69, 9.17) is 0 Å². The van der Waals surface area contributed by atoms with E-state index in [1.165, 1.54) is 0 Å². The number of para-hydroxylation sites is 1. The Morgan fingerprint density at radius 3 is 2.90 bits per heavy atom. The molecule has 1 N–H and O–H groups in total. The third-order valence-electron chi connectivity index (χ3n) is 6.40. The molecular formula is C17H18N2O2. The molecule has 2 saturated heterocycles. The molecule has 5 fully saturated rings. The van der Waals surface area contributed by atoms with Crippen LogP contribution in [0.4, 0.5) is 5.69 Å². The fourth-order valence-corrected chi connectivity index (χ4v) is 5.40. The lowest BCUT2D eigenvalue weighted by molar-refractivity contribution is -0.185. The van der Waals surface area contributed by atoms with Gasteiger partial charge in [-0.25, -0.2) is 0 Å². The number of hydrogen-bond donors (Lipinski definition) is 1. The number of nitrogens with zero attached hydrogens (tertiary/aromatic N) is 1. The van der Waals surface area contributed by atoms with Crippen LogP contribution in [0.3, 0.4) is 0 Å². The molecule has 108 valence electrons. The number of hydrogen-bond acceptors (Lipinski definition) is 3. The molecule has 6 aliphatic rings. The van der Waals surface area contributed by atoms with E-state index in [9.17, 15) is 9.59 Å². The monoisotopic (exact) mass is 282 g/mol. The zero-order valence-corrected chi connectivity index (χ0v) is 12.1. The van der Waals surface area contributed by atoms with E-state index in [1.807, 2.05) is 24.3 Å². The van der Waals surface area contributed by atoms with Gasteiger partial charge in [0.25, 0.3) is 5.91 Å². The van der Waals surface area contributed by atoms with Gasteiger partial charge in [0.15, 0.2) is 0 Å². The predicted octanol–water partition coefficient (Wildman–Crippen LogP) is 2.62. The third-order valence-corrected chi connectivity index (χ3v) is 6.40. The third kappa shape index (κ3) is 1.15. The number of fused-ring (bicyclic) bond motifs is 2. The molecule has 0 radical (unpaired) electrons. The Kier molecular flexibility index (Phi) is 1.86. The first kappa shape index (κ1) is 11.8. The maximum atomic E-state index is 12.9. The molecule has 2 amide bonds. The van der Waals surface area contributed by atoms with Gasteiger partial charge in [-0.15, -0.1) is 0 Å². The average Bonchev–Trinajstić information content (AvgIpc) is 2.46. The zero-order chi connectivity index (χ0) is 14.4. The van der Waals surface area contributed by atoms with Gasteiger partial charge in [-0.3, -0.25) is 14.5 Å². The fraction of sp³-hybridized carbons (Fsp3) is 0.529. The minimum absolute atomic E-state index is 0.0362. The predicted molar refractivity (Wildman–Crippen MR) is 77.5 cm³/mol. The van der Waals surface area contributed by atoms with Crippen molar-refractivity contribution in [2.45, 2.75) is 38.3 Å². The number of rotatable bonds is 0. The maximum Gasteiger partial charge on any atom is 0.264 e. The van der Waals surface area contributed by atoms with E-state index in [0.29, 0.717) is 11.5 Å². The van der Waals surface area contributed by atoms with Crippen molar-refractivity contribution in [3.8, 4) is 0 Å². The van der Waals surface area contributed by atoms with Crippen LogP contribution in [0.2, 0.25) is 0 Å². The molecule has 4 nitrogen and oxygen atoms in total. The molecule has 21 heavy (non-hydrogen) atoms. The molecule has 3 heterocycles. The summed E-state index contributed by atoms with van der Waals surface area (Å²) in [6.07, 6.45) is 4.07. The molecule has 1 spiro atoms. The van der Waals surface area contributed by atoms with Gasteiger partial charge in [-0.1, -0.05) is 19.1 Å². The van der Waals surface area contributed by atoms with E-state index < -0.39 is 5.66 Å². The highest BCUT2D eigenvalue weighted by molar-refractivity contribution is 6.12. The highest BCUT2D eigenvalue weighted by Gasteiger charge is 2.69. The Morgan fingerprint density at radius 1 is 1.29 bits per heavy atom. The van der Waals surface area contributed by atoms with Crippen LogP contribution in [0.15, 0.2) is 24.3 Å². The van der Waals surface area contributed by atoms with E-state index in [0.717, 1.165) is 31.4 Å². The number of imide groups is 1. The first-order chi connectivity index (χ1) is 10.1. The zero-order valence-electron chi connectivity index (χ0n) is 12.1. The van der Waals surface area contributed by atoms with E-state index in [1.54, 1.807) is 4.90 Å². The Balaban J connectivity index is 1.75. The van der Waals surface area contributed by atoms with Crippen LogP contribution in [-0.2, 0) is 4.79 Å². The summed E-state index contributed by atoms with van der Waals surface area (Å²) in [5.41, 5.74) is 1.11. The molecular weight excluding hydrogens is 264 g/mol. The van der Waals surface area contributed by atoms with Crippen LogP contribution in [0.25, 0.3) is 0 Å². The second-order valence-corrected chi connectivity index (χ2v) is 7.43. The Bertz CT molecular complexity index is 700. The average molecular weight is 282 g/mol. The SMILES string of the molecule is C[C@@]12CC[C@H]3C[C@H]1C(=O)N1C(=O)c4ccccc4N[C@@]31C2. The molecule has 4 atom stereocenters. The van der Waals surface area contributed by atoms with Crippen LogP contribution in [0, 0.1) is 17.3 Å². The van der Waals surface area contributed by atoms with Crippen molar-refractivity contribution in [3.05, 3.63) is 29.8 Å². The smallest absolute Gasteiger partial charge is 0.264 e. The number of anilines is 1. The van der Waals surface area contributed by atoms with Crippen molar-refractivity contribution < 1.29 is 9.59 Å². The summed E-state index contributed by atoms with van der Waals surface area (Å²) in [6, 6.07) is 7.58. The molecule has 0 aromatic heterocycles. The summed E-state index contributed by atoms with van der Waals surface area (Å²) >= 11 is 0. The molecule has 3 aliphatic carbocycles. The highest BCUT2D eigenvalue weighted by atomic mass is 16.2. The van der Waals surface area contributed by atoms with Crippen LogP contribution in [0.5, 0.6) is 0 Å². The molecule has 7 rings (SSSR count). The molecule has 1 aromatic rings. The quantitative estimate of drug-likeness (QED) is 0.744. The van der Waals surface area contributed by atoms with Gasteiger partial charge >= 0.3 is 0 Å². The number of piperidine rings is 2. The van der Waals surface area contributed by atoms with Crippen LogP contribution < -0.4 is 5.32 Å². The molecule has 4 bridgehead atoms. The highest BCUT2D eigenvalue weighted by Crippen LogP contribution is 2.64. The molecule has 4 heteroatoms. The van der Waals surface area contributed by atoms with Gasteiger partial charge in [0, 0.05) is 17.5 Å². The summed E-state index contributed by atoms with van der Waals surface area (Å²) in [7, 11) is 0. The van der Waals surface area contributed by atoms with Crippen molar-refractivity contribution in [1.29, 1.82) is 0 Å². The normalized spacial score (nSPS) is 42.6. The maximum absolute atomic E-state index is 12.9. The number of nitrogens with one attached hydrogen (secondary N) is 1. The van der Waals surface area contributed by atoms with Crippen molar-refractivity contribution in [1.82, 2.24) is 4.90 Å². The van der Waals surface area contributed by atoms with Crippen LogP contribution in [-0.4, -0.2) is 22.4 Å². The summed E-state index contributed by atoms with van der Waals surface area (Å²) in [6.45, 7) is 2.23. The first-order valence-electron chi connectivity index (χ1n) is 7.81. The molecule has 0 unspecified atom stereocenters. The Morgan fingerprint density at radius 2 is 2.10 bits per heavy atom. The first-order valence-corrected chi connectivity index (χ1v) is 7.81. The fourth-order valence-electron chi connectivity index (χ4n) is 5.40. The summed E-state index contributed by atoms with van der Waals surface area (Å²) in [4.78, 5) is 27.4. The standard InChI is InChI=1S/C17H18N2O2/c1-16-7-6-10-8-12(16)15(21)19-14(20)11-4-2-3-5-13(11)18-17(10,19)9-16/h2-5,10,12,18H,6-9H2,1H3/t10-,12-,16-,17+/m0/s1. The topological polar surface area (TPSA) is 49.4 Å². The van der Waals surface area contributed by atoms with Crippen molar-refractivity contribution in [2.75, 3.05) is 5.32 Å². The summed E-state index contributed by atoms with van der Waals surface area (Å²) in [5, 5.41) is 3.60. The minimum atomic E-state index is -0.468. The Hall–Kier alpha value is -1.84. The summed E-state index contributed by atoms with van der Waals surface area (Å²) in [5.74, 6) is 0.383. The van der Waals surface area contributed by atoms with Crippen LogP contribution >= 0.6 is 0 Å². The minimum Gasteiger partial charge on any atom is -0.361 e. The van der Waals surface area contributed by atoms with E-state index in [-0.39, 0.29) is 23.1 Å². The van der Waals surface area contributed by atoms with Crippen molar-refractivity contribution in [2.24, 2.45) is 17.3 Å². The van der Waals surface area contributed by atoms with Crippen molar-refractivity contribution in [3.63, 3.8) is 0 Å². The van der Waals surface area contributed by atoms with Gasteiger partial charge < -0.3 is 5.32 Å². The van der Waals surface area contributed by atoms with Crippen molar-refractivity contribution >= 4 is 17.5 Å².